The zero-order chi connectivity index (χ0) is 12.1. The second-order valence-corrected chi connectivity index (χ2v) is 6.49. The van der Waals surface area contributed by atoms with Gasteiger partial charge in [0.1, 0.15) is 0 Å². The number of hydrogen-bond donors (Lipinski definition) is 1. The van der Waals surface area contributed by atoms with Crippen molar-refractivity contribution in [2.45, 2.75) is 90.6 Å². The predicted molar refractivity (Wildman–Crippen MR) is 70.6 cm³/mol. The molecule has 1 unspecified atom stereocenters. The minimum absolute atomic E-state index is 0.0756. The molecule has 0 heterocycles. The molecule has 0 radical (unpaired) electrons. The standard InChI is InChI=1S/C15H30O/c1-14(2)12-10-8-6-4-5-7-9-11-13-15(14,3)16/h16H,4-13H2,1-3H3. The minimum atomic E-state index is -0.480. The topological polar surface area (TPSA) is 20.2 Å². The van der Waals surface area contributed by atoms with E-state index in [4.69, 9.17) is 0 Å². The molecule has 0 amide bonds. The summed E-state index contributed by atoms with van der Waals surface area (Å²) in [6, 6.07) is 0. The highest BCUT2D eigenvalue weighted by Crippen LogP contribution is 2.39. The van der Waals surface area contributed by atoms with Gasteiger partial charge in [0.25, 0.3) is 0 Å². The number of aliphatic hydroxyl groups is 1. The first-order chi connectivity index (χ1) is 7.46. The van der Waals surface area contributed by atoms with Crippen LogP contribution in [0, 0.1) is 5.41 Å². The lowest BCUT2D eigenvalue weighted by Gasteiger charge is -2.41. The molecule has 1 aliphatic rings. The van der Waals surface area contributed by atoms with Gasteiger partial charge >= 0.3 is 0 Å². The Labute approximate surface area is 102 Å². The molecule has 0 saturated heterocycles. The van der Waals surface area contributed by atoms with Crippen molar-refractivity contribution in [3.05, 3.63) is 0 Å². The van der Waals surface area contributed by atoms with Crippen LogP contribution >= 0.6 is 0 Å². The van der Waals surface area contributed by atoms with Crippen LogP contribution < -0.4 is 0 Å². The van der Waals surface area contributed by atoms with Gasteiger partial charge in [-0.05, 0) is 25.2 Å². The van der Waals surface area contributed by atoms with Crippen molar-refractivity contribution in [2.24, 2.45) is 5.41 Å². The molecule has 1 heteroatoms. The van der Waals surface area contributed by atoms with E-state index in [1.54, 1.807) is 0 Å². The summed E-state index contributed by atoms with van der Waals surface area (Å²) in [7, 11) is 0. The van der Waals surface area contributed by atoms with Gasteiger partial charge in [0.15, 0.2) is 0 Å². The van der Waals surface area contributed by atoms with Crippen LogP contribution in [0.3, 0.4) is 0 Å². The molecular weight excluding hydrogens is 196 g/mol. The molecule has 0 aliphatic heterocycles. The Morgan fingerprint density at radius 1 is 0.625 bits per heavy atom. The molecular formula is C15H30O. The lowest BCUT2D eigenvalue weighted by atomic mass is 9.70. The lowest BCUT2D eigenvalue weighted by Crippen LogP contribution is -2.41. The second-order valence-electron chi connectivity index (χ2n) is 6.49. The van der Waals surface area contributed by atoms with Crippen molar-refractivity contribution in [1.82, 2.24) is 0 Å². The van der Waals surface area contributed by atoms with E-state index in [2.05, 4.69) is 13.8 Å². The van der Waals surface area contributed by atoms with Crippen LogP contribution in [-0.4, -0.2) is 10.7 Å². The zero-order valence-electron chi connectivity index (χ0n) is 11.5. The van der Waals surface area contributed by atoms with E-state index < -0.39 is 5.60 Å². The van der Waals surface area contributed by atoms with Gasteiger partial charge in [0.2, 0.25) is 0 Å². The van der Waals surface area contributed by atoms with E-state index in [-0.39, 0.29) is 5.41 Å². The SMILES string of the molecule is CC1(C)CCCCCCCCCCC1(C)O. The van der Waals surface area contributed by atoms with Gasteiger partial charge in [-0.1, -0.05) is 65.2 Å². The smallest absolute Gasteiger partial charge is 0.0670 e. The predicted octanol–water partition coefficient (Wildman–Crippen LogP) is 4.68. The maximum absolute atomic E-state index is 10.6. The number of rotatable bonds is 0. The molecule has 1 N–H and O–H groups in total. The Morgan fingerprint density at radius 2 is 1.00 bits per heavy atom. The van der Waals surface area contributed by atoms with Gasteiger partial charge in [0.05, 0.1) is 5.60 Å². The van der Waals surface area contributed by atoms with E-state index >= 15 is 0 Å². The third kappa shape index (κ3) is 4.08. The van der Waals surface area contributed by atoms with Gasteiger partial charge < -0.3 is 5.11 Å². The summed E-state index contributed by atoms with van der Waals surface area (Å²) in [5.41, 5.74) is -0.404. The first-order valence-electron chi connectivity index (χ1n) is 7.18. The normalized spacial score (nSPS) is 33.8. The fourth-order valence-electron chi connectivity index (χ4n) is 2.70. The summed E-state index contributed by atoms with van der Waals surface area (Å²) < 4.78 is 0. The Bertz CT molecular complexity index is 172. The Kier molecular flexibility index (Phi) is 5.30. The molecule has 0 bridgehead atoms. The van der Waals surface area contributed by atoms with Gasteiger partial charge in [0, 0.05) is 0 Å². The summed E-state index contributed by atoms with van der Waals surface area (Å²) in [4.78, 5) is 0. The van der Waals surface area contributed by atoms with E-state index in [0.717, 1.165) is 6.42 Å². The van der Waals surface area contributed by atoms with E-state index in [9.17, 15) is 5.11 Å². The Hall–Kier alpha value is -0.0400. The highest BCUT2D eigenvalue weighted by molar-refractivity contribution is 4.89. The van der Waals surface area contributed by atoms with Crippen LogP contribution in [0.1, 0.15) is 85.0 Å². The fourth-order valence-corrected chi connectivity index (χ4v) is 2.70. The molecule has 16 heavy (non-hydrogen) atoms. The third-order valence-electron chi connectivity index (χ3n) is 4.67. The van der Waals surface area contributed by atoms with Crippen LogP contribution in [0.15, 0.2) is 0 Å². The molecule has 0 aromatic rings. The van der Waals surface area contributed by atoms with Gasteiger partial charge in [-0.2, -0.15) is 0 Å². The Morgan fingerprint density at radius 3 is 1.50 bits per heavy atom. The summed E-state index contributed by atoms with van der Waals surface area (Å²) in [5.74, 6) is 0. The van der Waals surface area contributed by atoms with Crippen LogP contribution in [-0.2, 0) is 0 Å². The van der Waals surface area contributed by atoms with E-state index in [1.165, 1.54) is 57.8 Å². The maximum Gasteiger partial charge on any atom is 0.0670 e. The summed E-state index contributed by atoms with van der Waals surface area (Å²) >= 11 is 0. The summed E-state index contributed by atoms with van der Waals surface area (Å²) in [5, 5.41) is 10.6. The van der Waals surface area contributed by atoms with E-state index in [0.29, 0.717) is 0 Å². The molecule has 1 aliphatic carbocycles. The molecule has 96 valence electrons. The van der Waals surface area contributed by atoms with Crippen LogP contribution in [0.25, 0.3) is 0 Å². The van der Waals surface area contributed by atoms with Crippen LogP contribution in [0.4, 0.5) is 0 Å². The molecule has 0 spiro atoms. The largest absolute Gasteiger partial charge is 0.390 e. The molecule has 0 aromatic carbocycles. The van der Waals surface area contributed by atoms with Crippen LogP contribution in [0.5, 0.6) is 0 Å². The van der Waals surface area contributed by atoms with Crippen molar-refractivity contribution in [1.29, 1.82) is 0 Å². The van der Waals surface area contributed by atoms with Crippen molar-refractivity contribution in [3.63, 3.8) is 0 Å². The van der Waals surface area contributed by atoms with Gasteiger partial charge in [-0.15, -0.1) is 0 Å². The van der Waals surface area contributed by atoms with Gasteiger partial charge in [-0.3, -0.25) is 0 Å². The quantitative estimate of drug-likeness (QED) is 0.636. The van der Waals surface area contributed by atoms with Crippen molar-refractivity contribution in [3.8, 4) is 0 Å². The van der Waals surface area contributed by atoms with E-state index in [1.807, 2.05) is 6.92 Å². The van der Waals surface area contributed by atoms with Crippen molar-refractivity contribution in [2.75, 3.05) is 0 Å². The average molecular weight is 226 g/mol. The fraction of sp³-hybridized carbons (Fsp3) is 1.00. The zero-order valence-corrected chi connectivity index (χ0v) is 11.5. The molecule has 0 aromatic heterocycles. The molecule has 1 rings (SSSR count). The average Bonchev–Trinajstić information content (AvgIpc) is 2.19. The first kappa shape index (κ1) is 14.0. The lowest BCUT2D eigenvalue weighted by molar-refractivity contribution is -0.0649. The monoisotopic (exact) mass is 226 g/mol. The van der Waals surface area contributed by atoms with Gasteiger partial charge in [-0.25, -0.2) is 0 Å². The maximum atomic E-state index is 10.6. The molecule has 1 nitrogen and oxygen atoms in total. The molecule has 1 atom stereocenters. The second kappa shape index (κ2) is 6.05. The third-order valence-corrected chi connectivity index (χ3v) is 4.67. The highest BCUT2D eigenvalue weighted by atomic mass is 16.3. The molecule has 1 saturated carbocycles. The minimum Gasteiger partial charge on any atom is -0.390 e. The Balaban J connectivity index is 2.54. The summed E-state index contributed by atoms with van der Waals surface area (Å²) in [6.45, 7) is 6.51. The van der Waals surface area contributed by atoms with Crippen molar-refractivity contribution >= 4 is 0 Å². The van der Waals surface area contributed by atoms with Crippen LogP contribution in [0.2, 0.25) is 0 Å². The summed E-state index contributed by atoms with van der Waals surface area (Å²) in [6.07, 6.45) is 12.8. The molecule has 1 fully saturated rings. The number of hydrogen-bond acceptors (Lipinski definition) is 1. The highest BCUT2D eigenvalue weighted by Gasteiger charge is 2.37. The van der Waals surface area contributed by atoms with Crippen molar-refractivity contribution < 1.29 is 5.11 Å². The first-order valence-corrected chi connectivity index (χ1v) is 7.18.